The first-order chi connectivity index (χ1) is 11.6. The van der Waals surface area contributed by atoms with Crippen LogP contribution in [0.15, 0.2) is 42.5 Å². The maximum absolute atomic E-state index is 14.0. The van der Waals surface area contributed by atoms with Crippen molar-refractivity contribution >= 4 is 5.91 Å². The first-order valence-electron chi connectivity index (χ1n) is 7.85. The van der Waals surface area contributed by atoms with Crippen LogP contribution < -0.4 is 14.8 Å². The highest BCUT2D eigenvalue weighted by atomic mass is 19.1. The molecular formula is C19H20FNO3. The molecule has 126 valence electrons. The number of hydrogen-bond donors (Lipinski definition) is 1. The third kappa shape index (κ3) is 2.94. The van der Waals surface area contributed by atoms with E-state index in [0.717, 1.165) is 5.56 Å². The minimum absolute atomic E-state index is 0.137. The first-order valence-corrected chi connectivity index (χ1v) is 7.85. The van der Waals surface area contributed by atoms with Gasteiger partial charge in [-0.2, -0.15) is 0 Å². The van der Waals surface area contributed by atoms with Crippen LogP contribution in [-0.2, 0) is 16.8 Å². The molecule has 3 rings (SSSR count). The fourth-order valence-electron chi connectivity index (χ4n) is 2.94. The van der Waals surface area contributed by atoms with Gasteiger partial charge in [-0.15, -0.1) is 0 Å². The molecule has 0 spiro atoms. The quantitative estimate of drug-likeness (QED) is 0.885. The minimum atomic E-state index is -0.720. The fourth-order valence-corrected chi connectivity index (χ4v) is 2.94. The van der Waals surface area contributed by atoms with Gasteiger partial charge in [-0.1, -0.05) is 24.3 Å². The highest BCUT2D eigenvalue weighted by Gasteiger charge is 2.52. The predicted molar refractivity (Wildman–Crippen MR) is 88.7 cm³/mol. The molecule has 5 heteroatoms. The number of halogens is 1. The van der Waals surface area contributed by atoms with E-state index in [1.807, 2.05) is 12.1 Å². The van der Waals surface area contributed by atoms with Gasteiger partial charge in [-0.3, -0.25) is 4.79 Å². The van der Waals surface area contributed by atoms with Gasteiger partial charge in [-0.25, -0.2) is 4.39 Å². The van der Waals surface area contributed by atoms with Crippen molar-refractivity contribution in [1.29, 1.82) is 0 Å². The Hall–Kier alpha value is -2.56. The average molecular weight is 329 g/mol. The Bertz CT molecular complexity index is 756. The number of amides is 1. The van der Waals surface area contributed by atoms with Crippen molar-refractivity contribution < 1.29 is 18.7 Å². The number of ether oxygens (including phenoxy) is 2. The number of hydrogen-bond acceptors (Lipinski definition) is 3. The molecule has 2 aromatic rings. The lowest BCUT2D eigenvalue weighted by molar-refractivity contribution is -0.123. The lowest BCUT2D eigenvalue weighted by atomic mass is 9.94. The van der Waals surface area contributed by atoms with Gasteiger partial charge >= 0.3 is 0 Å². The molecule has 1 saturated carbocycles. The monoisotopic (exact) mass is 329 g/mol. The smallest absolute Gasteiger partial charge is 0.231 e. The molecule has 1 N–H and O–H groups in total. The van der Waals surface area contributed by atoms with Crippen molar-refractivity contribution in [3.63, 3.8) is 0 Å². The fraction of sp³-hybridized carbons (Fsp3) is 0.316. The molecule has 0 aliphatic heterocycles. The summed E-state index contributed by atoms with van der Waals surface area (Å²) in [5.41, 5.74) is 0.655. The SMILES string of the molecule is COc1ccc(CNC(=O)C2(c3ccccc3F)CC2)cc1OC. The van der Waals surface area contributed by atoms with Gasteiger partial charge in [0, 0.05) is 12.1 Å². The molecule has 0 bridgehead atoms. The summed E-state index contributed by atoms with van der Waals surface area (Å²) in [5, 5.41) is 2.91. The Kier molecular flexibility index (Phi) is 4.42. The molecular weight excluding hydrogens is 309 g/mol. The van der Waals surface area contributed by atoms with Crippen LogP contribution in [0.2, 0.25) is 0 Å². The molecule has 1 aliphatic rings. The molecule has 0 heterocycles. The minimum Gasteiger partial charge on any atom is -0.493 e. The molecule has 0 aromatic heterocycles. The van der Waals surface area contributed by atoms with E-state index in [1.165, 1.54) is 6.07 Å². The van der Waals surface area contributed by atoms with E-state index < -0.39 is 5.41 Å². The van der Waals surface area contributed by atoms with E-state index in [-0.39, 0.29) is 11.7 Å². The van der Waals surface area contributed by atoms with Crippen LogP contribution in [0.4, 0.5) is 4.39 Å². The van der Waals surface area contributed by atoms with E-state index in [2.05, 4.69) is 5.32 Å². The summed E-state index contributed by atoms with van der Waals surface area (Å²) in [5.74, 6) is 0.788. The van der Waals surface area contributed by atoms with Crippen LogP contribution in [0.1, 0.15) is 24.0 Å². The lowest BCUT2D eigenvalue weighted by Gasteiger charge is -2.17. The predicted octanol–water partition coefficient (Wildman–Crippen LogP) is 3.19. The second kappa shape index (κ2) is 6.51. The van der Waals surface area contributed by atoms with Crippen LogP contribution in [0, 0.1) is 5.82 Å². The largest absolute Gasteiger partial charge is 0.493 e. The van der Waals surface area contributed by atoms with E-state index in [0.29, 0.717) is 36.4 Å². The summed E-state index contributed by atoms with van der Waals surface area (Å²) in [4.78, 5) is 12.6. The van der Waals surface area contributed by atoms with Gasteiger partial charge < -0.3 is 14.8 Å². The van der Waals surface area contributed by atoms with Crippen molar-refractivity contribution in [2.45, 2.75) is 24.8 Å². The summed E-state index contributed by atoms with van der Waals surface area (Å²) in [6, 6.07) is 12.0. The van der Waals surface area contributed by atoms with Crippen LogP contribution in [0.3, 0.4) is 0 Å². The molecule has 0 unspecified atom stereocenters. The molecule has 1 fully saturated rings. The second-order valence-corrected chi connectivity index (χ2v) is 5.93. The standard InChI is InChI=1S/C19H20FNO3/c1-23-16-8-7-13(11-17(16)24-2)12-21-18(22)19(9-10-19)14-5-3-4-6-15(14)20/h3-8,11H,9-10,12H2,1-2H3,(H,21,22). The summed E-state index contributed by atoms with van der Waals surface area (Å²) >= 11 is 0. The number of nitrogens with one attached hydrogen (secondary N) is 1. The van der Waals surface area contributed by atoms with Crippen LogP contribution in [0.5, 0.6) is 11.5 Å². The number of carbonyl (C=O) groups excluding carboxylic acids is 1. The normalized spacial score (nSPS) is 14.8. The maximum atomic E-state index is 14.0. The zero-order chi connectivity index (χ0) is 17.2. The lowest BCUT2D eigenvalue weighted by Crippen LogP contribution is -2.34. The Morgan fingerprint density at radius 1 is 1.12 bits per heavy atom. The number of benzene rings is 2. The summed E-state index contributed by atoms with van der Waals surface area (Å²) < 4.78 is 24.5. The molecule has 4 nitrogen and oxygen atoms in total. The van der Waals surface area contributed by atoms with E-state index in [9.17, 15) is 9.18 Å². The van der Waals surface area contributed by atoms with Crippen LogP contribution in [-0.4, -0.2) is 20.1 Å². The van der Waals surface area contributed by atoms with Crippen molar-refractivity contribution in [3.05, 3.63) is 59.4 Å². The number of rotatable bonds is 6. The summed E-state index contributed by atoms with van der Waals surface area (Å²) in [6.07, 6.45) is 1.34. The molecule has 0 saturated heterocycles. The topological polar surface area (TPSA) is 47.6 Å². The summed E-state index contributed by atoms with van der Waals surface area (Å²) in [6.45, 7) is 0.357. The Labute approximate surface area is 140 Å². The van der Waals surface area contributed by atoms with Gasteiger partial charge in [0.25, 0.3) is 0 Å². The highest BCUT2D eigenvalue weighted by Crippen LogP contribution is 2.49. The van der Waals surface area contributed by atoms with Gasteiger partial charge in [0.05, 0.1) is 19.6 Å². The molecule has 0 radical (unpaired) electrons. The van der Waals surface area contributed by atoms with Crippen LogP contribution >= 0.6 is 0 Å². The van der Waals surface area contributed by atoms with E-state index in [4.69, 9.17) is 9.47 Å². The van der Waals surface area contributed by atoms with Crippen LogP contribution in [0.25, 0.3) is 0 Å². The van der Waals surface area contributed by atoms with Crippen molar-refractivity contribution in [2.75, 3.05) is 14.2 Å². The Morgan fingerprint density at radius 3 is 2.46 bits per heavy atom. The average Bonchev–Trinajstić information content (AvgIpc) is 3.41. The van der Waals surface area contributed by atoms with Crippen molar-refractivity contribution in [1.82, 2.24) is 5.32 Å². The van der Waals surface area contributed by atoms with E-state index in [1.54, 1.807) is 38.5 Å². The number of carbonyl (C=O) groups is 1. The van der Waals surface area contributed by atoms with Crippen molar-refractivity contribution in [3.8, 4) is 11.5 Å². The molecule has 1 amide bonds. The van der Waals surface area contributed by atoms with E-state index >= 15 is 0 Å². The molecule has 1 aliphatic carbocycles. The molecule has 0 atom stereocenters. The van der Waals surface area contributed by atoms with Gasteiger partial charge in [0.15, 0.2) is 11.5 Å². The zero-order valence-electron chi connectivity index (χ0n) is 13.8. The number of methoxy groups -OCH3 is 2. The Morgan fingerprint density at radius 2 is 1.83 bits per heavy atom. The van der Waals surface area contributed by atoms with Gasteiger partial charge in [0.2, 0.25) is 5.91 Å². The zero-order valence-corrected chi connectivity index (χ0v) is 13.8. The third-order valence-electron chi connectivity index (χ3n) is 4.48. The maximum Gasteiger partial charge on any atom is 0.231 e. The van der Waals surface area contributed by atoms with Gasteiger partial charge in [0.1, 0.15) is 5.82 Å². The second-order valence-electron chi connectivity index (χ2n) is 5.93. The molecule has 2 aromatic carbocycles. The molecule has 24 heavy (non-hydrogen) atoms. The first kappa shape index (κ1) is 16.3. The third-order valence-corrected chi connectivity index (χ3v) is 4.48. The Balaban J connectivity index is 1.71. The van der Waals surface area contributed by atoms with Crippen molar-refractivity contribution in [2.24, 2.45) is 0 Å². The summed E-state index contributed by atoms with van der Waals surface area (Å²) in [7, 11) is 3.14. The van der Waals surface area contributed by atoms with Gasteiger partial charge in [-0.05, 0) is 36.6 Å². The highest BCUT2D eigenvalue weighted by molar-refractivity contribution is 5.91.